The molecule has 1 saturated heterocycles. The fraction of sp³-hybridized carbons (Fsp3) is 0.333. The Morgan fingerprint density at radius 1 is 1.40 bits per heavy atom. The molecule has 1 aliphatic rings. The number of carboxylic acid groups (broad SMARTS) is 1. The van der Waals surface area contributed by atoms with Crippen molar-refractivity contribution in [2.75, 3.05) is 6.61 Å². The van der Waals surface area contributed by atoms with E-state index in [-0.39, 0.29) is 22.6 Å². The van der Waals surface area contributed by atoms with E-state index in [0.29, 0.717) is 6.61 Å². The Kier molecular flexibility index (Phi) is 3.36. The second kappa shape index (κ2) is 5.17. The standard InChI is InChI=1S/C15H14FNO3/c16-12-5-4-10(15(18)19)14-11(12)7-9(8-17-14)13-3-1-2-6-20-13/h4-5,7-8,13H,1-3,6H2,(H,18,19). The van der Waals surface area contributed by atoms with Gasteiger partial charge in [0, 0.05) is 18.2 Å². The van der Waals surface area contributed by atoms with E-state index in [1.54, 1.807) is 12.3 Å². The minimum Gasteiger partial charge on any atom is -0.478 e. The minimum absolute atomic E-state index is 0.0116. The molecule has 4 nitrogen and oxygen atoms in total. The number of carboxylic acids is 1. The predicted molar refractivity (Wildman–Crippen MR) is 71.2 cm³/mol. The maximum atomic E-state index is 13.9. The van der Waals surface area contributed by atoms with Crippen LogP contribution in [-0.2, 0) is 4.74 Å². The van der Waals surface area contributed by atoms with Gasteiger partial charge in [-0.25, -0.2) is 9.18 Å². The molecule has 2 aromatic rings. The van der Waals surface area contributed by atoms with Gasteiger partial charge in [-0.15, -0.1) is 0 Å². The third-order valence-electron chi connectivity index (χ3n) is 3.60. The number of nitrogens with zero attached hydrogens (tertiary/aromatic N) is 1. The van der Waals surface area contributed by atoms with Crippen LogP contribution in [0.3, 0.4) is 0 Å². The number of pyridine rings is 1. The summed E-state index contributed by atoms with van der Waals surface area (Å²) < 4.78 is 19.6. The zero-order valence-electron chi connectivity index (χ0n) is 10.8. The number of ether oxygens (including phenoxy) is 1. The van der Waals surface area contributed by atoms with Crippen molar-refractivity contribution in [2.24, 2.45) is 0 Å². The summed E-state index contributed by atoms with van der Waals surface area (Å²) in [6, 6.07) is 4.06. The second-order valence-corrected chi connectivity index (χ2v) is 4.92. The average Bonchev–Trinajstić information content (AvgIpc) is 2.48. The smallest absolute Gasteiger partial charge is 0.337 e. The molecule has 5 heteroatoms. The molecule has 20 heavy (non-hydrogen) atoms. The molecule has 1 aromatic heterocycles. The van der Waals surface area contributed by atoms with Crippen molar-refractivity contribution in [2.45, 2.75) is 25.4 Å². The topological polar surface area (TPSA) is 59.4 Å². The molecular weight excluding hydrogens is 261 g/mol. The molecule has 0 radical (unpaired) electrons. The summed E-state index contributed by atoms with van der Waals surface area (Å²) in [4.78, 5) is 15.3. The second-order valence-electron chi connectivity index (χ2n) is 4.92. The number of aromatic nitrogens is 1. The van der Waals surface area contributed by atoms with Crippen molar-refractivity contribution in [3.8, 4) is 0 Å². The number of halogens is 1. The number of hydrogen-bond acceptors (Lipinski definition) is 3. The molecule has 0 amide bonds. The van der Waals surface area contributed by atoms with E-state index < -0.39 is 11.8 Å². The van der Waals surface area contributed by atoms with Gasteiger partial charge < -0.3 is 9.84 Å². The first-order chi connectivity index (χ1) is 9.66. The molecule has 3 rings (SSSR count). The largest absolute Gasteiger partial charge is 0.478 e. The Hall–Kier alpha value is -2.01. The molecule has 0 aliphatic carbocycles. The van der Waals surface area contributed by atoms with Gasteiger partial charge in [-0.2, -0.15) is 0 Å². The van der Waals surface area contributed by atoms with Gasteiger partial charge in [0.1, 0.15) is 5.82 Å². The van der Waals surface area contributed by atoms with Crippen molar-refractivity contribution in [1.82, 2.24) is 4.98 Å². The lowest BCUT2D eigenvalue weighted by molar-refractivity contribution is 0.0148. The molecule has 1 aliphatic heterocycles. The molecule has 1 N–H and O–H groups in total. The molecule has 104 valence electrons. The average molecular weight is 275 g/mol. The summed E-state index contributed by atoms with van der Waals surface area (Å²) in [5.74, 6) is -1.57. The van der Waals surface area contributed by atoms with Gasteiger partial charge in [0.15, 0.2) is 0 Å². The van der Waals surface area contributed by atoms with E-state index in [1.165, 1.54) is 12.1 Å². The van der Waals surface area contributed by atoms with Gasteiger partial charge in [-0.3, -0.25) is 4.98 Å². The van der Waals surface area contributed by atoms with Crippen LogP contribution in [-0.4, -0.2) is 22.7 Å². The van der Waals surface area contributed by atoms with Crippen molar-refractivity contribution in [3.63, 3.8) is 0 Å². The first-order valence-corrected chi connectivity index (χ1v) is 6.60. The van der Waals surface area contributed by atoms with E-state index >= 15 is 0 Å². The van der Waals surface area contributed by atoms with E-state index in [1.807, 2.05) is 0 Å². The molecule has 2 heterocycles. The molecule has 0 saturated carbocycles. The van der Waals surface area contributed by atoms with Crippen molar-refractivity contribution < 1.29 is 19.0 Å². The molecule has 0 bridgehead atoms. The van der Waals surface area contributed by atoms with Crippen LogP contribution in [0.1, 0.15) is 41.3 Å². The molecule has 1 aromatic carbocycles. The van der Waals surface area contributed by atoms with Crippen LogP contribution >= 0.6 is 0 Å². The Morgan fingerprint density at radius 3 is 2.95 bits per heavy atom. The molecule has 1 unspecified atom stereocenters. The highest BCUT2D eigenvalue weighted by Crippen LogP contribution is 2.30. The summed E-state index contributed by atoms with van der Waals surface area (Å²) in [7, 11) is 0. The normalized spacial score (nSPS) is 19.1. The van der Waals surface area contributed by atoms with Gasteiger partial charge in [0.05, 0.1) is 17.2 Å². The van der Waals surface area contributed by atoms with E-state index in [2.05, 4.69) is 4.98 Å². The van der Waals surface area contributed by atoms with Gasteiger partial charge in [0.25, 0.3) is 0 Å². The van der Waals surface area contributed by atoms with Crippen LogP contribution in [0, 0.1) is 5.82 Å². The van der Waals surface area contributed by atoms with Crippen molar-refractivity contribution >= 4 is 16.9 Å². The van der Waals surface area contributed by atoms with Crippen LogP contribution in [0.25, 0.3) is 10.9 Å². The predicted octanol–water partition coefficient (Wildman–Crippen LogP) is 3.31. The summed E-state index contributed by atoms with van der Waals surface area (Å²) in [5.41, 5.74) is 0.994. The zero-order valence-corrected chi connectivity index (χ0v) is 10.8. The molecule has 1 atom stereocenters. The maximum Gasteiger partial charge on any atom is 0.337 e. The Labute approximate surface area is 115 Å². The monoisotopic (exact) mass is 275 g/mol. The highest BCUT2D eigenvalue weighted by molar-refractivity contribution is 6.01. The van der Waals surface area contributed by atoms with Gasteiger partial charge in [-0.05, 0) is 43.0 Å². The zero-order chi connectivity index (χ0) is 14.1. The van der Waals surface area contributed by atoms with Crippen LogP contribution in [0.2, 0.25) is 0 Å². The van der Waals surface area contributed by atoms with Gasteiger partial charge in [-0.1, -0.05) is 0 Å². The highest BCUT2D eigenvalue weighted by Gasteiger charge is 2.19. The molecule has 1 fully saturated rings. The number of carbonyl (C=O) groups is 1. The van der Waals surface area contributed by atoms with E-state index in [4.69, 9.17) is 9.84 Å². The quantitative estimate of drug-likeness (QED) is 0.913. The number of fused-ring (bicyclic) bond motifs is 1. The highest BCUT2D eigenvalue weighted by atomic mass is 19.1. The maximum absolute atomic E-state index is 13.9. The summed E-state index contributed by atoms with van der Waals surface area (Å²) in [6.07, 6.45) is 4.50. The van der Waals surface area contributed by atoms with Gasteiger partial charge >= 0.3 is 5.97 Å². The molecule has 0 spiro atoms. The summed E-state index contributed by atoms with van der Waals surface area (Å²) >= 11 is 0. The minimum atomic E-state index is -1.11. The summed E-state index contributed by atoms with van der Waals surface area (Å²) in [6.45, 7) is 0.695. The van der Waals surface area contributed by atoms with Crippen molar-refractivity contribution in [1.29, 1.82) is 0 Å². The van der Waals surface area contributed by atoms with E-state index in [9.17, 15) is 9.18 Å². The Balaban J connectivity index is 2.10. The first kappa shape index (κ1) is 13.0. The Morgan fingerprint density at radius 2 is 2.25 bits per heavy atom. The Bertz CT molecular complexity index is 665. The number of aromatic carboxylic acids is 1. The third-order valence-corrected chi connectivity index (χ3v) is 3.60. The lowest BCUT2D eigenvalue weighted by Crippen LogP contribution is -2.12. The van der Waals surface area contributed by atoms with Crippen LogP contribution in [0.4, 0.5) is 4.39 Å². The number of hydrogen-bond donors (Lipinski definition) is 1. The van der Waals surface area contributed by atoms with Gasteiger partial charge in [0.2, 0.25) is 0 Å². The third kappa shape index (κ3) is 2.25. The van der Waals surface area contributed by atoms with E-state index in [0.717, 1.165) is 24.8 Å². The number of benzene rings is 1. The SMILES string of the molecule is O=C(O)c1ccc(F)c2cc(C3CCCCO3)cnc12. The summed E-state index contributed by atoms with van der Waals surface area (Å²) in [5, 5.41) is 9.34. The lowest BCUT2D eigenvalue weighted by Gasteiger charge is -2.22. The molecular formula is C15H14FNO3. The van der Waals surface area contributed by atoms with Crippen molar-refractivity contribution in [3.05, 3.63) is 41.3 Å². The van der Waals surface area contributed by atoms with Crippen LogP contribution in [0.5, 0.6) is 0 Å². The first-order valence-electron chi connectivity index (χ1n) is 6.60. The lowest BCUT2D eigenvalue weighted by atomic mass is 10.0. The van der Waals surface area contributed by atoms with Crippen LogP contribution in [0.15, 0.2) is 24.4 Å². The number of rotatable bonds is 2. The fourth-order valence-corrected chi connectivity index (χ4v) is 2.56. The van der Waals surface area contributed by atoms with Crippen LogP contribution < -0.4 is 0 Å². The fourth-order valence-electron chi connectivity index (χ4n) is 2.56.